The van der Waals surface area contributed by atoms with Gasteiger partial charge in [-0.1, -0.05) is 0 Å². The molecule has 0 radical (unpaired) electrons. The van der Waals surface area contributed by atoms with Crippen LogP contribution in [0.1, 0.15) is 5.56 Å². The van der Waals surface area contributed by atoms with Crippen LogP contribution in [0.15, 0.2) is 79.4 Å². The van der Waals surface area contributed by atoms with Gasteiger partial charge in [-0.15, -0.1) is 0 Å². The van der Waals surface area contributed by atoms with Gasteiger partial charge in [0, 0.05) is 0 Å². The average molecular weight is 424 g/mol. The Balaban J connectivity index is 1.84. The van der Waals surface area contributed by atoms with E-state index in [0.29, 0.717) is 5.75 Å². The van der Waals surface area contributed by atoms with Gasteiger partial charge in [0.1, 0.15) is 0 Å². The standard InChI is InChI=1S/C22H16OTe/c1-2-15-9-11-19-16(13-15)5-3-7-21(19)24-22-8-4-6-17-14-18(23)10-12-20(17)22/h2-14,23H,1H2. The average Bonchev–Trinajstić information content (AvgIpc) is 2.61. The fraction of sp³-hybridized carbons (Fsp3) is 0. The van der Waals surface area contributed by atoms with Crippen LogP contribution >= 0.6 is 0 Å². The first-order valence-electron chi connectivity index (χ1n) is 7.79. The van der Waals surface area contributed by atoms with E-state index in [1.165, 1.54) is 23.4 Å². The molecule has 2 heteroatoms. The van der Waals surface area contributed by atoms with Crippen LogP contribution in [0.3, 0.4) is 0 Å². The first kappa shape index (κ1) is 15.3. The van der Waals surface area contributed by atoms with Gasteiger partial charge in [-0.2, -0.15) is 0 Å². The second-order valence-corrected chi connectivity index (χ2v) is 8.80. The topological polar surface area (TPSA) is 20.2 Å². The van der Waals surface area contributed by atoms with Crippen LogP contribution in [0.4, 0.5) is 0 Å². The first-order valence-corrected chi connectivity index (χ1v) is 10.1. The number of phenols is 1. The molecule has 0 aliphatic rings. The Kier molecular flexibility index (Phi) is 4.02. The summed E-state index contributed by atoms with van der Waals surface area (Å²) in [5.74, 6) is 0.322. The summed E-state index contributed by atoms with van der Waals surface area (Å²) in [6.45, 7) is 3.86. The Bertz CT molecular complexity index is 1070. The fourth-order valence-electron chi connectivity index (χ4n) is 2.94. The Morgan fingerprint density at radius 2 is 1.38 bits per heavy atom. The van der Waals surface area contributed by atoms with Crippen molar-refractivity contribution >= 4 is 55.8 Å². The summed E-state index contributed by atoms with van der Waals surface area (Å²) < 4.78 is 2.84. The van der Waals surface area contributed by atoms with Crippen molar-refractivity contribution < 1.29 is 5.11 Å². The second-order valence-electron chi connectivity index (χ2n) is 5.70. The monoisotopic (exact) mass is 426 g/mol. The molecule has 1 nitrogen and oxygen atoms in total. The Hall–Kier alpha value is -2.27. The van der Waals surface area contributed by atoms with Crippen LogP contribution < -0.4 is 7.22 Å². The summed E-state index contributed by atoms with van der Waals surface area (Å²) in [5.41, 5.74) is 1.15. The predicted octanol–water partition coefficient (Wildman–Crippen LogP) is 4.00. The van der Waals surface area contributed by atoms with Crippen molar-refractivity contribution in [2.75, 3.05) is 0 Å². The molecule has 0 saturated heterocycles. The number of aromatic hydroxyl groups is 1. The molecule has 0 fully saturated rings. The third kappa shape index (κ3) is 2.80. The van der Waals surface area contributed by atoms with Gasteiger partial charge in [-0.05, 0) is 0 Å². The molecule has 0 atom stereocenters. The van der Waals surface area contributed by atoms with Gasteiger partial charge in [-0.25, -0.2) is 0 Å². The minimum atomic E-state index is -0.521. The number of fused-ring (bicyclic) bond motifs is 2. The summed E-state index contributed by atoms with van der Waals surface area (Å²) in [6, 6.07) is 25.1. The molecule has 4 aromatic rings. The van der Waals surface area contributed by atoms with Crippen molar-refractivity contribution in [2.24, 2.45) is 0 Å². The molecule has 0 saturated carbocycles. The third-order valence-electron chi connectivity index (χ3n) is 4.14. The Morgan fingerprint density at radius 3 is 2.04 bits per heavy atom. The van der Waals surface area contributed by atoms with Gasteiger partial charge < -0.3 is 0 Å². The van der Waals surface area contributed by atoms with Crippen molar-refractivity contribution in [1.29, 1.82) is 0 Å². The fourth-order valence-corrected chi connectivity index (χ4v) is 6.14. The molecule has 116 valence electrons. The molecule has 0 spiro atoms. The van der Waals surface area contributed by atoms with E-state index in [4.69, 9.17) is 0 Å². The molecule has 0 bridgehead atoms. The van der Waals surface area contributed by atoms with Gasteiger partial charge in [0.05, 0.1) is 0 Å². The maximum absolute atomic E-state index is 9.70. The number of hydrogen-bond donors (Lipinski definition) is 1. The van der Waals surface area contributed by atoms with Crippen molar-refractivity contribution in [3.8, 4) is 5.75 Å². The molecule has 0 amide bonds. The molecule has 0 aliphatic heterocycles. The summed E-state index contributed by atoms with van der Waals surface area (Å²) in [7, 11) is 0. The quantitative estimate of drug-likeness (QED) is 0.494. The molecule has 4 aromatic carbocycles. The SMILES string of the molecule is C=Cc1ccc2c([Te]c3cccc4cc(O)ccc34)cccc2c1. The maximum atomic E-state index is 9.70. The van der Waals surface area contributed by atoms with Crippen LogP contribution in [0.2, 0.25) is 0 Å². The zero-order valence-corrected chi connectivity index (χ0v) is 15.4. The van der Waals surface area contributed by atoms with Crippen LogP contribution in [-0.2, 0) is 0 Å². The summed E-state index contributed by atoms with van der Waals surface area (Å²) >= 11 is -0.521. The van der Waals surface area contributed by atoms with E-state index in [1.807, 2.05) is 18.2 Å². The number of rotatable bonds is 3. The van der Waals surface area contributed by atoms with E-state index in [0.717, 1.165) is 10.9 Å². The second kappa shape index (κ2) is 6.32. The van der Waals surface area contributed by atoms with E-state index >= 15 is 0 Å². The summed E-state index contributed by atoms with van der Waals surface area (Å²) in [6.07, 6.45) is 1.89. The van der Waals surface area contributed by atoms with Gasteiger partial charge in [0.25, 0.3) is 0 Å². The van der Waals surface area contributed by atoms with Crippen LogP contribution in [0.5, 0.6) is 5.75 Å². The number of benzene rings is 4. The van der Waals surface area contributed by atoms with Crippen LogP contribution in [0, 0.1) is 0 Å². The van der Waals surface area contributed by atoms with Crippen molar-refractivity contribution in [1.82, 2.24) is 0 Å². The molecular weight excluding hydrogens is 408 g/mol. The number of hydrogen-bond acceptors (Lipinski definition) is 1. The van der Waals surface area contributed by atoms with Gasteiger partial charge in [0.15, 0.2) is 0 Å². The number of phenolic OH excluding ortho intramolecular Hbond substituents is 1. The predicted molar refractivity (Wildman–Crippen MR) is 105 cm³/mol. The summed E-state index contributed by atoms with van der Waals surface area (Å²) in [4.78, 5) is 0. The van der Waals surface area contributed by atoms with Gasteiger partial charge in [0.2, 0.25) is 0 Å². The summed E-state index contributed by atoms with van der Waals surface area (Å²) in [5, 5.41) is 14.7. The first-order chi connectivity index (χ1) is 11.7. The molecule has 1 N–H and O–H groups in total. The van der Waals surface area contributed by atoms with E-state index in [1.54, 1.807) is 6.07 Å². The van der Waals surface area contributed by atoms with Crippen molar-refractivity contribution in [3.63, 3.8) is 0 Å². The molecule has 24 heavy (non-hydrogen) atoms. The van der Waals surface area contributed by atoms with Gasteiger partial charge in [-0.3, -0.25) is 0 Å². The molecular formula is C22H16OTe. The molecule has 0 aromatic heterocycles. The zero-order valence-electron chi connectivity index (χ0n) is 13.1. The Labute approximate surface area is 151 Å². The molecule has 0 aliphatic carbocycles. The normalized spacial score (nSPS) is 11.0. The molecule has 4 rings (SSSR count). The van der Waals surface area contributed by atoms with E-state index in [9.17, 15) is 5.11 Å². The van der Waals surface area contributed by atoms with Crippen molar-refractivity contribution in [2.45, 2.75) is 0 Å². The van der Waals surface area contributed by atoms with Crippen LogP contribution in [-0.4, -0.2) is 26.0 Å². The Morgan fingerprint density at radius 1 is 0.750 bits per heavy atom. The van der Waals surface area contributed by atoms with E-state index in [-0.39, 0.29) is 0 Å². The zero-order chi connectivity index (χ0) is 16.5. The molecule has 0 heterocycles. The van der Waals surface area contributed by atoms with Crippen LogP contribution in [0.25, 0.3) is 27.6 Å². The van der Waals surface area contributed by atoms with E-state index < -0.39 is 20.9 Å². The van der Waals surface area contributed by atoms with Gasteiger partial charge >= 0.3 is 152 Å². The van der Waals surface area contributed by atoms with E-state index in [2.05, 4.69) is 61.2 Å². The minimum absolute atomic E-state index is 0.322. The molecule has 0 unspecified atom stereocenters. The third-order valence-corrected chi connectivity index (χ3v) is 7.43. The van der Waals surface area contributed by atoms with Crippen molar-refractivity contribution in [3.05, 3.63) is 84.9 Å².